The van der Waals surface area contributed by atoms with Crippen molar-refractivity contribution in [2.45, 2.75) is 24.0 Å². The second-order valence-electron chi connectivity index (χ2n) is 9.58. The van der Waals surface area contributed by atoms with Gasteiger partial charge in [-0.15, -0.1) is 23.1 Å². The van der Waals surface area contributed by atoms with Gasteiger partial charge in [-0.05, 0) is 55.3 Å². The van der Waals surface area contributed by atoms with Gasteiger partial charge < -0.3 is 10.6 Å². The number of carbonyl (C=O) groups is 2. The molecule has 0 radical (unpaired) electrons. The lowest BCUT2D eigenvalue weighted by atomic mass is 10.0. The number of hydrogen-bond donors (Lipinski definition) is 2. The number of rotatable bonds is 8. The number of amides is 2. The lowest BCUT2D eigenvalue weighted by Crippen LogP contribution is -2.19. The fourth-order valence-corrected chi connectivity index (χ4v) is 6.28. The number of nitrogens with one attached hydrogen (secondary N) is 2. The van der Waals surface area contributed by atoms with Crippen LogP contribution in [0.15, 0.2) is 113 Å². The summed E-state index contributed by atoms with van der Waals surface area (Å²) in [6.07, 6.45) is 0. The first-order chi connectivity index (χ1) is 19.9. The molecule has 0 saturated heterocycles. The molecule has 5 aromatic rings. The standard InChI is InChI=1S/C34H27N3O2S2/c1-22-11-15-24(16-12-22)30-21-40-34(29(30)20-35)37-33(39)31(25-7-4-3-5-8-25)41-28-10-6-9-27(19-28)36-32(38)26-17-13-23(2)14-18-26/h3-19,21,31H,1-2H3,(H,36,38)(H,37,39). The van der Waals surface area contributed by atoms with E-state index in [2.05, 4.69) is 16.7 Å². The number of benzene rings is 4. The van der Waals surface area contributed by atoms with Crippen LogP contribution < -0.4 is 10.6 Å². The van der Waals surface area contributed by atoms with E-state index >= 15 is 0 Å². The Kier molecular flexibility index (Phi) is 8.64. The summed E-state index contributed by atoms with van der Waals surface area (Å²) < 4.78 is 0. The lowest BCUT2D eigenvalue weighted by molar-refractivity contribution is -0.115. The molecule has 5 nitrogen and oxygen atoms in total. The average molecular weight is 574 g/mol. The van der Waals surface area contributed by atoms with E-state index in [1.165, 1.54) is 23.1 Å². The minimum atomic E-state index is -0.587. The molecular formula is C34H27N3O2S2. The van der Waals surface area contributed by atoms with Crippen molar-refractivity contribution in [3.05, 3.63) is 136 Å². The number of thiophene rings is 1. The van der Waals surface area contributed by atoms with Crippen LogP contribution in [-0.4, -0.2) is 11.8 Å². The topological polar surface area (TPSA) is 82.0 Å². The molecule has 0 aliphatic carbocycles. The molecule has 0 fully saturated rings. The number of hydrogen-bond acceptors (Lipinski definition) is 5. The van der Waals surface area contributed by atoms with Gasteiger partial charge in [-0.2, -0.15) is 5.26 Å². The van der Waals surface area contributed by atoms with E-state index in [1.807, 2.05) is 110 Å². The minimum absolute atomic E-state index is 0.199. The summed E-state index contributed by atoms with van der Waals surface area (Å²) in [5.74, 6) is -0.431. The second-order valence-corrected chi connectivity index (χ2v) is 11.6. The van der Waals surface area contributed by atoms with Crippen molar-refractivity contribution >= 4 is 45.6 Å². The number of carbonyl (C=O) groups excluding carboxylic acids is 2. The van der Waals surface area contributed by atoms with Crippen LogP contribution in [0.1, 0.15) is 37.9 Å². The van der Waals surface area contributed by atoms with Gasteiger partial charge in [-0.1, -0.05) is 83.9 Å². The van der Waals surface area contributed by atoms with Crippen LogP contribution in [-0.2, 0) is 4.79 Å². The number of nitriles is 1. The smallest absolute Gasteiger partial charge is 0.255 e. The molecule has 0 bridgehead atoms. The summed E-state index contributed by atoms with van der Waals surface area (Å²) in [7, 11) is 0. The fourth-order valence-electron chi connectivity index (χ4n) is 4.28. The number of aryl methyl sites for hydroxylation is 2. The molecule has 41 heavy (non-hydrogen) atoms. The normalized spacial score (nSPS) is 11.3. The van der Waals surface area contributed by atoms with Crippen LogP contribution in [0.25, 0.3) is 11.1 Å². The molecular weight excluding hydrogens is 547 g/mol. The molecule has 5 rings (SSSR count). The van der Waals surface area contributed by atoms with E-state index in [1.54, 1.807) is 12.1 Å². The number of thioether (sulfide) groups is 1. The van der Waals surface area contributed by atoms with Gasteiger partial charge >= 0.3 is 0 Å². The van der Waals surface area contributed by atoms with E-state index in [0.717, 1.165) is 32.7 Å². The number of anilines is 2. The van der Waals surface area contributed by atoms with E-state index in [-0.39, 0.29) is 11.8 Å². The zero-order valence-electron chi connectivity index (χ0n) is 22.5. The van der Waals surface area contributed by atoms with Crippen LogP contribution in [0.3, 0.4) is 0 Å². The van der Waals surface area contributed by atoms with Crippen molar-refractivity contribution in [1.29, 1.82) is 5.26 Å². The Balaban J connectivity index is 1.38. The maximum atomic E-state index is 13.7. The van der Waals surface area contributed by atoms with Gasteiger partial charge in [0.15, 0.2) is 0 Å². The van der Waals surface area contributed by atoms with Crippen molar-refractivity contribution in [3.8, 4) is 17.2 Å². The van der Waals surface area contributed by atoms with Crippen LogP contribution in [0.5, 0.6) is 0 Å². The monoisotopic (exact) mass is 573 g/mol. The third-order valence-corrected chi connectivity index (χ3v) is 8.65. The van der Waals surface area contributed by atoms with Crippen LogP contribution in [0.2, 0.25) is 0 Å². The SMILES string of the molecule is Cc1ccc(C(=O)Nc2cccc(SC(C(=O)Nc3scc(-c4ccc(C)cc4)c3C#N)c3ccccc3)c2)cc1. The Hall–Kier alpha value is -4.64. The van der Waals surface area contributed by atoms with Gasteiger partial charge in [0.05, 0.1) is 5.56 Å². The van der Waals surface area contributed by atoms with Crippen molar-refractivity contribution in [1.82, 2.24) is 0 Å². The molecule has 7 heteroatoms. The summed E-state index contributed by atoms with van der Waals surface area (Å²) in [6.45, 7) is 3.99. The van der Waals surface area contributed by atoms with Crippen molar-refractivity contribution in [3.63, 3.8) is 0 Å². The van der Waals surface area contributed by atoms with Gasteiger partial charge in [0.1, 0.15) is 16.3 Å². The maximum absolute atomic E-state index is 13.7. The van der Waals surface area contributed by atoms with E-state index in [4.69, 9.17) is 0 Å². The first-order valence-electron chi connectivity index (χ1n) is 13.0. The average Bonchev–Trinajstić information content (AvgIpc) is 3.39. The summed E-state index contributed by atoms with van der Waals surface area (Å²) in [6, 6.07) is 34.6. The summed E-state index contributed by atoms with van der Waals surface area (Å²) >= 11 is 2.73. The van der Waals surface area contributed by atoms with E-state index < -0.39 is 5.25 Å². The Labute approximate surface area is 247 Å². The molecule has 4 aromatic carbocycles. The lowest BCUT2D eigenvalue weighted by Gasteiger charge is -2.17. The van der Waals surface area contributed by atoms with Gasteiger partial charge in [0.2, 0.25) is 5.91 Å². The third kappa shape index (κ3) is 6.75. The highest BCUT2D eigenvalue weighted by atomic mass is 32.2. The van der Waals surface area contributed by atoms with Gasteiger partial charge in [-0.3, -0.25) is 9.59 Å². The molecule has 1 heterocycles. The molecule has 202 valence electrons. The predicted molar refractivity (Wildman–Crippen MR) is 168 cm³/mol. The third-order valence-electron chi connectivity index (χ3n) is 6.50. The predicted octanol–water partition coefficient (Wildman–Crippen LogP) is 8.63. The summed E-state index contributed by atoms with van der Waals surface area (Å²) in [5.41, 5.74) is 6.45. The first kappa shape index (κ1) is 27.9. The Bertz CT molecular complexity index is 1720. The van der Waals surface area contributed by atoms with Crippen LogP contribution in [0.4, 0.5) is 10.7 Å². The Morgan fingerprint density at radius 1 is 0.829 bits per heavy atom. The molecule has 1 aromatic heterocycles. The first-order valence-corrected chi connectivity index (χ1v) is 14.8. The summed E-state index contributed by atoms with van der Waals surface area (Å²) in [5, 5.41) is 17.8. The second kappa shape index (κ2) is 12.7. The molecule has 1 unspecified atom stereocenters. The molecule has 0 spiro atoms. The van der Waals surface area contributed by atoms with Crippen LogP contribution in [0, 0.1) is 25.2 Å². The van der Waals surface area contributed by atoms with Crippen LogP contribution >= 0.6 is 23.1 Å². The highest BCUT2D eigenvalue weighted by Crippen LogP contribution is 2.40. The highest BCUT2D eigenvalue weighted by Gasteiger charge is 2.25. The number of nitrogens with zero attached hydrogens (tertiary/aromatic N) is 1. The van der Waals surface area contributed by atoms with E-state index in [0.29, 0.717) is 21.8 Å². The molecule has 0 saturated carbocycles. The zero-order chi connectivity index (χ0) is 28.8. The zero-order valence-corrected chi connectivity index (χ0v) is 24.2. The molecule has 2 amide bonds. The van der Waals surface area contributed by atoms with Crippen molar-refractivity contribution in [2.75, 3.05) is 10.6 Å². The van der Waals surface area contributed by atoms with Crippen molar-refractivity contribution < 1.29 is 9.59 Å². The molecule has 0 aliphatic rings. The Morgan fingerprint density at radius 3 is 2.20 bits per heavy atom. The van der Waals surface area contributed by atoms with Gasteiger partial charge in [0, 0.05) is 27.1 Å². The molecule has 0 aliphatic heterocycles. The summed E-state index contributed by atoms with van der Waals surface area (Å²) in [4.78, 5) is 27.3. The minimum Gasteiger partial charge on any atom is -0.322 e. The van der Waals surface area contributed by atoms with E-state index in [9.17, 15) is 14.9 Å². The maximum Gasteiger partial charge on any atom is 0.255 e. The largest absolute Gasteiger partial charge is 0.322 e. The van der Waals surface area contributed by atoms with Crippen molar-refractivity contribution in [2.24, 2.45) is 0 Å². The van der Waals surface area contributed by atoms with Gasteiger partial charge in [0.25, 0.3) is 5.91 Å². The highest BCUT2D eigenvalue weighted by molar-refractivity contribution is 8.00. The molecule has 1 atom stereocenters. The quantitative estimate of drug-likeness (QED) is 0.182. The fraction of sp³-hybridized carbons (Fsp3) is 0.0882. The molecule has 2 N–H and O–H groups in total. The van der Waals surface area contributed by atoms with Gasteiger partial charge in [-0.25, -0.2) is 0 Å². The Morgan fingerprint density at radius 2 is 1.51 bits per heavy atom.